The second-order valence-corrected chi connectivity index (χ2v) is 8.32. The van der Waals surface area contributed by atoms with Gasteiger partial charge in [-0.15, -0.1) is 0 Å². The quantitative estimate of drug-likeness (QED) is 0.537. The molecule has 1 amide bonds. The van der Waals surface area contributed by atoms with Crippen LogP contribution in [0.2, 0.25) is 0 Å². The molecule has 0 saturated carbocycles. The van der Waals surface area contributed by atoms with E-state index in [1.54, 1.807) is 12.0 Å². The van der Waals surface area contributed by atoms with Crippen molar-refractivity contribution >= 4 is 17.4 Å². The lowest BCUT2D eigenvalue weighted by Crippen LogP contribution is -2.55. The summed E-state index contributed by atoms with van der Waals surface area (Å²) in [4.78, 5) is 21.7. The molecule has 1 saturated heterocycles. The van der Waals surface area contributed by atoms with Gasteiger partial charge in [0.2, 0.25) is 0 Å². The molecule has 6 nitrogen and oxygen atoms in total. The molecule has 2 heterocycles. The Kier molecular flexibility index (Phi) is 5.65. The Balaban J connectivity index is 1.46. The van der Waals surface area contributed by atoms with Gasteiger partial charge in [-0.05, 0) is 49.4 Å². The van der Waals surface area contributed by atoms with Crippen LogP contribution in [-0.4, -0.2) is 54.3 Å². The fraction of sp³-hybridized carbons (Fsp3) is 0.231. The maximum absolute atomic E-state index is 13.7. The number of rotatable bonds is 2. The third kappa shape index (κ3) is 4.07. The number of ether oxygens (including phenoxy) is 2. The maximum atomic E-state index is 13.7. The predicted molar refractivity (Wildman–Crippen MR) is 124 cm³/mol. The molecule has 8 heteroatoms. The number of carbonyl (C=O) groups excluding carboxylic acids is 1. The Morgan fingerprint density at radius 2 is 1.79 bits per heavy atom. The number of halogens is 2. The van der Waals surface area contributed by atoms with Gasteiger partial charge in [0, 0.05) is 37.3 Å². The van der Waals surface area contributed by atoms with Crippen LogP contribution in [-0.2, 0) is 0 Å². The van der Waals surface area contributed by atoms with Crippen LogP contribution in [0, 0.1) is 11.6 Å². The molecule has 0 bridgehead atoms. The van der Waals surface area contributed by atoms with E-state index < -0.39 is 17.5 Å². The molecule has 1 fully saturated rings. The minimum atomic E-state index is -0.772. The van der Waals surface area contributed by atoms with E-state index in [4.69, 9.17) is 14.5 Å². The largest absolute Gasteiger partial charge is 0.497 e. The molecule has 1 atom stereocenters. The molecule has 0 N–H and O–H groups in total. The van der Waals surface area contributed by atoms with E-state index >= 15 is 0 Å². The number of benzene rings is 3. The monoisotopic (exact) mass is 463 g/mol. The Bertz CT molecular complexity index is 1270. The van der Waals surface area contributed by atoms with E-state index in [9.17, 15) is 13.6 Å². The molecular formula is C26H23F2N3O3. The van der Waals surface area contributed by atoms with E-state index in [1.165, 1.54) is 0 Å². The van der Waals surface area contributed by atoms with Gasteiger partial charge in [-0.1, -0.05) is 12.1 Å². The van der Waals surface area contributed by atoms with Gasteiger partial charge < -0.3 is 19.3 Å². The van der Waals surface area contributed by atoms with Crippen molar-refractivity contribution in [2.75, 3.05) is 26.7 Å². The van der Waals surface area contributed by atoms with Crippen molar-refractivity contribution in [2.24, 2.45) is 4.99 Å². The van der Waals surface area contributed by atoms with Crippen LogP contribution in [0.15, 0.2) is 65.7 Å². The first-order chi connectivity index (χ1) is 16.4. The highest BCUT2D eigenvalue weighted by Crippen LogP contribution is 2.39. The molecule has 3 aromatic rings. The Labute approximate surface area is 196 Å². The highest BCUT2D eigenvalue weighted by molar-refractivity contribution is 6.04. The number of nitrogens with zero attached hydrogens (tertiary/aromatic N) is 3. The van der Waals surface area contributed by atoms with Crippen molar-refractivity contribution in [3.63, 3.8) is 0 Å². The third-order valence-corrected chi connectivity index (χ3v) is 6.04. The van der Waals surface area contributed by atoms with Crippen LogP contribution in [0.4, 0.5) is 14.5 Å². The number of carbonyl (C=O) groups is 1. The van der Waals surface area contributed by atoms with Gasteiger partial charge >= 0.3 is 0 Å². The first kappa shape index (κ1) is 21.9. The lowest BCUT2D eigenvalue weighted by Gasteiger charge is -2.41. The number of piperazine rings is 1. The lowest BCUT2D eigenvalue weighted by molar-refractivity contribution is 0.0580. The number of methoxy groups -OCH3 is 1. The average Bonchev–Trinajstić information content (AvgIpc) is 2.99. The van der Waals surface area contributed by atoms with Gasteiger partial charge in [0.25, 0.3) is 5.91 Å². The first-order valence-electron chi connectivity index (χ1n) is 11.0. The van der Waals surface area contributed by atoms with E-state index in [2.05, 4.69) is 4.90 Å². The smallest absolute Gasteiger partial charge is 0.254 e. The summed E-state index contributed by atoms with van der Waals surface area (Å²) in [6, 6.07) is 15.8. The van der Waals surface area contributed by atoms with Crippen molar-refractivity contribution in [1.29, 1.82) is 0 Å². The zero-order valence-corrected chi connectivity index (χ0v) is 18.8. The molecule has 2 aliphatic rings. The summed E-state index contributed by atoms with van der Waals surface area (Å²) in [7, 11) is 1.60. The molecule has 2 aliphatic heterocycles. The summed E-state index contributed by atoms with van der Waals surface area (Å²) in [5.74, 6) is 0.762. The number of aliphatic imine (C=N–C) groups is 1. The van der Waals surface area contributed by atoms with Gasteiger partial charge in [0.1, 0.15) is 34.7 Å². The first-order valence-corrected chi connectivity index (χ1v) is 11.0. The zero-order chi connectivity index (χ0) is 23.8. The molecule has 5 rings (SSSR count). The minimum absolute atomic E-state index is 0.00187. The summed E-state index contributed by atoms with van der Waals surface area (Å²) >= 11 is 0. The molecular weight excluding hydrogens is 440 g/mol. The van der Waals surface area contributed by atoms with Gasteiger partial charge in [-0.25, -0.2) is 13.8 Å². The average molecular weight is 463 g/mol. The number of amidine groups is 1. The van der Waals surface area contributed by atoms with Crippen molar-refractivity contribution < 1.29 is 23.0 Å². The fourth-order valence-corrected chi connectivity index (χ4v) is 4.36. The fourth-order valence-electron chi connectivity index (χ4n) is 4.36. The molecule has 174 valence electrons. The Hall–Kier alpha value is -3.94. The summed E-state index contributed by atoms with van der Waals surface area (Å²) in [5, 5.41) is 0. The predicted octanol–water partition coefficient (Wildman–Crippen LogP) is 5.00. The number of fused-ring (bicyclic) bond motifs is 2. The number of hydrogen-bond acceptors (Lipinski definition) is 5. The van der Waals surface area contributed by atoms with Crippen LogP contribution in [0.3, 0.4) is 0 Å². The van der Waals surface area contributed by atoms with E-state index in [1.807, 2.05) is 49.4 Å². The van der Waals surface area contributed by atoms with Crippen molar-refractivity contribution in [3.05, 3.63) is 83.4 Å². The van der Waals surface area contributed by atoms with Gasteiger partial charge in [0.15, 0.2) is 5.75 Å². The summed E-state index contributed by atoms with van der Waals surface area (Å²) < 4.78 is 38.9. The summed E-state index contributed by atoms with van der Waals surface area (Å²) in [6.07, 6.45) is 0. The molecule has 0 radical (unpaired) electrons. The molecule has 0 unspecified atom stereocenters. The highest BCUT2D eigenvalue weighted by Gasteiger charge is 2.32. The van der Waals surface area contributed by atoms with Crippen molar-refractivity contribution in [1.82, 2.24) is 9.80 Å². The summed E-state index contributed by atoms with van der Waals surface area (Å²) in [6.45, 7) is 3.26. The third-order valence-electron chi connectivity index (χ3n) is 6.04. The molecule has 0 spiro atoms. The minimum Gasteiger partial charge on any atom is -0.497 e. The topological polar surface area (TPSA) is 54.4 Å². The molecule has 0 aliphatic carbocycles. The number of amides is 1. The van der Waals surface area contributed by atoms with Gasteiger partial charge in [-0.3, -0.25) is 4.79 Å². The van der Waals surface area contributed by atoms with E-state index in [0.717, 1.165) is 29.6 Å². The lowest BCUT2D eigenvalue weighted by atomic mass is 10.1. The normalized spacial score (nSPS) is 17.2. The second-order valence-electron chi connectivity index (χ2n) is 8.32. The zero-order valence-electron chi connectivity index (χ0n) is 18.8. The van der Waals surface area contributed by atoms with Crippen molar-refractivity contribution in [2.45, 2.75) is 13.0 Å². The van der Waals surface area contributed by atoms with Crippen molar-refractivity contribution in [3.8, 4) is 17.2 Å². The molecule has 34 heavy (non-hydrogen) atoms. The molecule has 3 aromatic carbocycles. The highest BCUT2D eigenvalue weighted by atomic mass is 19.1. The SMILES string of the molecule is COc1ccc2c(c1)C(N1CCN(C(=O)c3cc(F)cc(F)c3)[C@@H](C)C1)=Nc1ccccc1O2. The maximum Gasteiger partial charge on any atom is 0.254 e. The van der Waals surface area contributed by atoms with Gasteiger partial charge in [0.05, 0.1) is 12.7 Å². The Morgan fingerprint density at radius 3 is 2.53 bits per heavy atom. The Morgan fingerprint density at radius 1 is 1.03 bits per heavy atom. The van der Waals surface area contributed by atoms with Gasteiger partial charge in [-0.2, -0.15) is 0 Å². The number of para-hydroxylation sites is 2. The van der Waals surface area contributed by atoms with E-state index in [0.29, 0.717) is 42.6 Å². The summed E-state index contributed by atoms with van der Waals surface area (Å²) in [5.41, 5.74) is 1.49. The van der Waals surface area contributed by atoms with Crippen LogP contribution in [0.1, 0.15) is 22.8 Å². The van der Waals surface area contributed by atoms with Crippen LogP contribution in [0.25, 0.3) is 0 Å². The second kappa shape index (κ2) is 8.78. The number of hydrogen-bond donors (Lipinski definition) is 0. The van der Waals surface area contributed by atoms with Crippen LogP contribution >= 0.6 is 0 Å². The van der Waals surface area contributed by atoms with E-state index in [-0.39, 0.29) is 11.6 Å². The van der Waals surface area contributed by atoms with Crippen LogP contribution in [0.5, 0.6) is 17.2 Å². The molecule has 0 aromatic heterocycles. The van der Waals surface area contributed by atoms with Crippen LogP contribution < -0.4 is 9.47 Å². The standard InChI is InChI=1S/C26H23F2N3O3/c1-16-15-30(9-10-31(16)26(32)17-11-18(27)13-19(28)12-17)25-21-14-20(33-2)7-8-23(21)34-24-6-4-3-5-22(24)29-25/h3-8,11-14,16H,9-10,15H2,1-2H3/t16-/m0/s1.